The van der Waals surface area contributed by atoms with Gasteiger partial charge in [0.05, 0.1) is 38.2 Å². The summed E-state index contributed by atoms with van der Waals surface area (Å²) < 4.78 is 10.6. The highest BCUT2D eigenvalue weighted by Gasteiger charge is 2.16. The van der Waals surface area contributed by atoms with Gasteiger partial charge < -0.3 is 25.2 Å². The lowest BCUT2D eigenvalue weighted by Gasteiger charge is -2.23. The SMILES string of the molecule is Cc1nc(CNC(=O)NCC2COCCO2)sc1C(=O)O. The van der Waals surface area contributed by atoms with Crippen molar-refractivity contribution in [3.63, 3.8) is 0 Å². The van der Waals surface area contributed by atoms with E-state index in [1.807, 2.05) is 0 Å². The van der Waals surface area contributed by atoms with Crippen LogP contribution in [-0.2, 0) is 16.0 Å². The third kappa shape index (κ3) is 4.66. The molecule has 2 rings (SSSR count). The second kappa shape index (κ2) is 7.34. The fraction of sp³-hybridized carbons (Fsp3) is 0.583. The maximum atomic E-state index is 11.6. The van der Waals surface area contributed by atoms with Crippen molar-refractivity contribution in [2.75, 3.05) is 26.4 Å². The molecule has 0 aromatic carbocycles. The van der Waals surface area contributed by atoms with Crippen molar-refractivity contribution >= 4 is 23.3 Å². The average Bonchev–Trinajstić information content (AvgIpc) is 2.85. The largest absolute Gasteiger partial charge is 0.477 e. The minimum Gasteiger partial charge on any atom is -0.477 e. The Labute approximate surface area is 125 Å². The number of hydrogen-bond acceptors (Lipinski definition) is 6. The second-order valence-corrected chi connectivity index (χ2v) is 5.54. The number of carboxylic acid groups (broad SMARTS) is 1. The quantitative estimate of drug-likeness (QED) is 0.724. The Balaban J connectivity index is 1.73. The van der Waals surface area contributed by atoms with E-state index in [4.69, 9.17) is 14.6 Å². The molecule has 116 valence electrons. The summed E-state index contributed by atoms with van der Waals surface area (Å²) in [6.07, 6.45) is -0.134. The Kier molecular flexibility index (Phi) is 5.48. The molecular formula is C12H17N3O5S. The summed E-state index contributed by atoms with van der Waals surface area (Å²) in [5.74, 6) is -1.00. The zero-order valence-corrected chi connectivity index (χ0v) is 12.4. The third-order valence-corrected chi connectivity index (χ3v) is 3.96. The molecule has 1 aliphatic rings. The molecule has 1 unspecified atom stereocenters. The maximum Gasteiger partial charge on any atom is 0.347 e. The van der Waals surface area contributed by atoms with Gasteiger partial charge >= 0.3 is 12.0 Å². The maximum absolute atomic E-state index is 11.6. The highest BCUT2D eigenvalue weighted by atomic mass is 32.1. The number of aromatic carboxylic acids is 1. The monoisotopic (exact) mass is 315 g/mol. The van der Waals surface area contributed by atoms with E-state index in [1.165, 1.54) is 0 Å². The average molecular weight is 315 g/mol. The molecular weight excluding hydrogens is 298 g/mol. The molecule has 1 fully saturated rings. The molecule has 1 aliphatic heterocycles. The van der Waals surface area contributed by atoms with E-state index < -0.39 is 5.97 Å². The minimum atomic E-state index is -1.00. The normalized spacial score (nSPS) is 18.2. The number of urea groups is 1. The van der Waals surface area contributed by atoms with Gasteiger partial charge in [-0.2, -0.15) is 0 Å². The highest BCUT2D eigenvalue weighted by molar-refractivity contribution is 7.13. The molecule has 9 heteroatoms. The van der Waals surface area contributed by atoms with Gasteiger partial charge in [-0.15, -0.1) is 11.3 Å². The highest BCUT2D eigenvalue weighted by Crippen LogP contribution is 2.17. The molecule has 1 aromatic rings. The van der Waals surface area contributed by atoms with Gasteiger partial charge in [-0.1, -0.05) is 0 Å². The zero-order valence-electron chi connectivity index (χ0n) is 11.5. The molecule has 1 aromatic heterocycles. The van der Waals surface area contributed by atoms with E-state index in [-0.39, 0.29) is 23.6 Å². The van der Waals surface area contributed by atoms with Crippen LogP contribution in [-0.4, -0.2) is 54.6 Å². The van der Waals surface area contributed by atoms with Crippen molar-refractivity contribution in [3.8, 4) is 0 Å². The number of nitrogens with zero attached hydrogens (tertiary/aromatic N) is 1. The van der Waals surface area contributed by atoms with Crippen LogP contribution in [0.5, 0.6) is 0 Å². The van der Waals surface area contributed by atoms with Gasteiger partial charge in [-0.25, -0.2) is 14.6 Å². The van der Waals surface area contributed by atoms with E-state index in [1.54, 1.807) is 6.92 Å². The van der Waals surface area contributed by atoms with E-state index in [9.17, 15) is 9.59 Å². The number of aryl methyl sites for hydroxylation is 1. The van der Waals surface area contributed by atoms with Gasteiger partial charge in [-0.05, 0) is 6.92 Å². The van der Waals surface area contributed by atoms with Gasteiger partial charge in [0.1, 0.15) is 9.88 Å². The van der Waals surface area contributed by atoms with Crippen LogP contribution in [0.2, 0.25) is 0 Å². The van der Waals surface area contributed by atoms with Crippen LogP contribution in [0.4, 0.5) is 4.79 Å². The van der Waals surface area contributed by atoms with Crippen LogP contribution >= 0.6 is 11.3 Å². The summed E-state index contributed by atoms with van der Waals surface area (Å²) >= 11 is 1.06. The molecule has 1 saturated heterocycles. The van der Waals surface area contributed by atoms with Crippen LogP contribution in [0, 0.1) is 6.92 Å². The molecule has 2 amide bonds. The molecule has 0 spiro atoms. The molecule has 0 saturated carbocycles. The topological polar surface area (TPSA) is 110 Å². The Bertz CT molecular complexity index is 513. The van der Waals surface area contributed by atoms with Crippen LogP contribution in [0.1, 0.15) is 20.4 Å². The van der Waals surface area contributed by atoms with Crippen molar-refractivity contribution in [2.24, 2.45) is 0 Å². The summed E-state index contributed by atoms with van der Waals surface area (Å²) in [6.45, 7) is 3.76. The lowest BCUT2D eigenvalue weighted by atomic mass is 10.3. The van der Waals surface area contributed by atoms with E-state index >= 15 is 0 Å². The van der Waals surface area contributed by atoms with Gasteiger partial charge in [0.25, 0.3) is 0 Å². The van der Waals surface area contributed by atoms with Crippen LogP contribution in [0.15, 0.2) is 0 Å². The van der Waals surface area contributed by atoms with Crippen LogP contribution in [0.25, 0.3) is 0 Å². The molecule has 3 N–H and O–H groups in total. The Hall–Kier alpha value is -1.71. The van der Waals surface area contributed by atoms with Crippen LogP contribution < -0.4 is 10.6 Å². The first-order chi connectivity index (χ1) is 10.1. The number of thiazole rings is 1. The number of rotatable bonds is 5. The lowest BCUT2D eigenvalue weighted by molar-refractivity contribution is -0.0853. The van der Waals surface area contributed by atoms with E-state index in [0.717, 1.165) is 11.3 Å². The Morgan fingerprint density at radius 2 is 2.24 bits per heavy atom. The van der Waals surface area contributed by atoms with Crippen molar-refractivity contribution in [1.82, 2.24) is 15.6 Å². The van der Waals surface area contributed by atoms with Crippen molar-refractivity contribution in [3.05, 3.63) is 15.6 Å². The summed E-state index contributed by atoms with van der Waals surface area (Å²) in [7, 11) is 0. The number of carbonyl (C=O) groups is 2. The van der Waals surface area contributed by atoms with Crippen molar-refractivity contribution in [1.29, 1.82) is 0 Å². The van der Waals surface area contributed by atoms with Crippen molar-refractivity contribution in [2.45, 2.75) is 19.6 Å². The first kappa shape index (κ1) is 15.7. The fourth-order valence-electron chi connectivity index (χ4n) is 1.81. The molecule has 2 heterocycles. The summed E-state index contributed by atoms with van der Waals surface area (Å²) in [5.41, 5.74) is 0.456. The third-order valence-electron chi connectivity index (χ3n) is 2.81. The smallest absolute Gasteiger partial charge is 0.347 e. The second-order valence-electron chi connectivity index (χ2n) is 4.46. The predicted molar refractivity (Wildman–Crippen MR) is 74.6 cm³/mol. The number of carboxylic acids is 1. The van der Waals surface area contributed by atoms with Gasteiger partial charge in [-0.3, -0.25) is 0 Å². The Morgan fingerprint density at radius 1 is 1.43 bits per heavy atom. The van der Waals surface area contributed by atoms with E-state index in [2.05, 4.69) is 15.6 Å². The lowest BCUT2D eigenvalue weighted by Crippen LogP contribution is -2.43. The van der Waals surface area contributed by atoms with Crippen LogP contribution in [0.3, 0.4) is 0 Å². The summed E-state index contributed by atoms with van der Waals surface area (Å²) in [4.78, 5) is 26.8. The molecule has 0 aliphatic carbocycles. The van der Waals surface area contributed by atoms with Gasteiger partial charge in [0.2, 0.25) is 0 Å². The number of hydrogen-bond donors (Lipinski definition) is 3. The first-order valence-corrected chi connectivity index (χ1v) is 7.28. The molecule has 1 atom stereocenters. The minimum absolute atomic E-state index is 0.134. The number of aromatic nitrogens is 1. The Morgan fingerprint density at radius 3 is 2.86 bits per heavy atom. The fourth-order valence-corrected chi connectivity index (χ4v) is 2.65. The van der Waals surface area contributed by atoms with Crippen molar-refractivity contribution < 1.29 is 24.2 Å². The van der Waals surface area contributed by atoms with Gasteiger partial charge in [0, 0.05) is 6.54 Å². The summed E-state index contributed by atoms with van der Waals surface area (Å²) in [5, 5.41) is 14.8. The molecule has 21 heavy (non-hydrogen) atoms. The number of ether oxygens (including phenoxy) is 2. The van der Waals surface area contributed by atoms with Gasteiger partial charge in [0.15, 0.2) is 0 Å². The number of amides is 2. The van der Waals surface area contributed by atoms with E-state index in [0.29, 0.717) is 37.1 Å². The zero-order chi connectivity index (χ0) is 15.2. The summed E-state index contributed by atoms with van der Waals surface area (Å²) in [6, 6.07) is -0.353. The number of carbonyl (C=O) groups excluding carboxylic acids is 1. The number of nitrogens with one attached hydrogen (secondary N) is 2. The first-order valence-electron chi connectivity index (χ1n) is 6.47. The predicted octanol–water partition coefficient (Wildman–Crippen LogP) is 0.364. The molecule has 0 bridgehead atoms. The molecule has 0 radical (unpaired) electrons. The standard InChI is InChI=1S/C12H17N3O5S/c1-7-10(11(16)17)21-9(15-7)5-14-12(18)13-4-8-6-19-2-3-20-8/h8H,2-6H2,1H3,(H,16,17)(H2,13,14,18). The molecule has 8 nitrogen and oxygen atoms in total.